The van der Waals surface area contributed by atoms with Gasteiger partial charge in [0.15, 0.2) is 0 Å². The first-order chi connectivity index (χ1) is 16.3. The Morgan fingerprint density at radius 1 is 0.879 bits per heavy atom. The van der Waals surface area contributed by atoms with Gasteiger partial charge in [0.2, 0.25) is 5.95 Å². The van der Waals surface area contributed by atoms with Gasteiger partial charge in [0, 0.05) is 16.7 Å². The summed E-state index contributed by atoms with van der Waals surface area (Å²) in [4.78, 5) is 4.48. The Morgan fingerprint density at radius 3 is 2.39 bits per heavy atom. The third kappa shape index (κ3) is 3.12. The molecule has 6 rings (SSSR count). The predicted octanol–water partition coefficient (Wildman–Crippen LogP) is 4.86. The van der Waals surface area contributed by atoms with E-state index in [0.717, 1.165) is 45.2 Å². The fraction of sp³-hybridized carbons (Fsp3) is 0.154. The predicted molar refractivity (Wildman–Crippen MR) is 125 cm³/mol. The van der Waals surface area contributed by atoms with Crippen LogP contribution in [-0.4, -0.2) is 29.0 Å². The van der Waals surface area contributed by atoms with Crippen LogP contribution in [0.2, 0.25) is 0 Å². The maximum absolute atomic E-state index is 6.64. The summed E-state index contributed by atoms with van der Waals surface area (Å²) in [6, 6.07) is 23.9. The zero-order valence-corrected chi connectivity index (χ0v) is 18.2. The van der Waals surface area contributed by atoms with Crippen LogP contribution in [0.25, 0.3) is 5.70 Å². The lowest BCUT2D eigenvalue weighted by molar-refractivity contribution is 0.222. The molecule has 0 bridgehead atoms. The molecule has 7 heteroatoms. The molecule has 0 radical (unpaired) electrons. The molecule has 7 nitrogen and oxygen atoms in total. The van der Waals surface area contributed by atoms with Gasteiger partial charge >= 0.3 is 0 Å². The number of para-hydroxylation sites is 1. The van der Waals surface area contributed by atoms with Crippen LogP contribution in [0.5, 0.6) is 17.2 Å². The van der Waals surface area contributed by atoms with Gasteiger partial charge in [-0.2, -0.15) is 10.1 Å². The zero-order valence-electron chi connectivity index (χ0n) is 18.2. The summed E-state index contributed by atoms with van der Waals surface area (Å²) in [6.07, 6.45) is 1.22. The first-order valence-electron chi connectivity index (χ1n) is 10.7. The summed E-state index contributed by atoms with van der Waals surface area (Å²) in [6.45, 7) is 0. The van der Waals surface area contributed by atoms with Crippen molar-refractivity contribution in [3.63, 3.8) is 0 Å². The quantitative estimate of drug-likeness (QED) is 0.491. The fourth-order valence-electron chi connectivity index (χ4n) is 4.63. The van der Waals surface area contributed by atoms with Gasteiger partial charge in [0.25, 0.3) is 0 Å². The van der Waals surface area contributed by atoms with Crippen molar-refractivity contribution < 1.29 is 14.2 Å². The molecule has 3 aromatic carbocycles. The number of methoxy groups -OCH3 is 2. The second-order valence-corrected chi connectivity index (χ2v) is 7.93. The number of rotatable bonds is 4. The SMILES string of the molecule is COc1cccc([C@H]2Oc3ccccc3C3=C2[C@@H](c2cccc(OC)c2)n2ncnc2N3)c1. The molecule has 3 heterocycles. The van der Waals surface area contributed by atoms with E-state index < -0.39 is 0 Å². The molecule has 1 aromatic heterocycles. The number of nitrogens with one attached hydrogen (secondary N) is 1. The van der Waals surface area contributed by atoms with Crippen molar-refractivity contribution in [1.82, 2.24) is 14.8 Å². The molecule has 0 unspecified atom stereocenters. The molecule has 4 aromatic rings. The molecule has 164 valence electrons. The molecular formula is C26H22N4O3. The molecule has 0 aliphatic carbocycles. The van der Waals surface area contributed by atoms with Crippen molar-refractivity contribution >= 4 is 11.6 Å². The summed E-state index contributed by atoms with van der Waals surface area (Å²) in [7, 11) is 3.34. The summed E-state index contributed by atoms with van der Waals surface area (Å²) in [5.41, 5.74) is 5.06. The Morgan fingerprint density at radius 2 is 1.61 bits per heavy atom. The largest absolute Gasteiger partial charge is 0.497 e. The van der Waals surface area contributed by atoms with Crippen LogP contribution in [0.15, 0.2) is 84.7 Å². The van der Waals surface area contributed by atoms with Crippen molar-refractivity contribution in [2.75, 3.05) is 19.5 Å². The highest BCUT2D eigenvalue weighted by Crippen LogP contribution is 2.50. The number of fused-ring (bicyclic) bond motifs is 3. The minimum Gasteiger partial charge on any atom is -0.497 e. The van der Waals surface area contributed by atoms with E-state index in [9.17, 15) is 0 Å². The molecule has 0 spiro atoms. The van der Waals surface area contributed by atoms with Gasteiger partial charge in [-0.25, -0.2) is 4.68 Å². The van der Waals surface area contributed by atoms with E-state index in [4.69, 9.17) is 14.2 Å². The standard InChI is InChI=1S/C26H22N4O3/c1-31-18-9-5-7-16(13-18)24-22-23(29-26-27-15-28-30(24)26)20-11-3-4-12-21(20)33-25(22)17-8-6-10-19(14-17)32-2/h3-15,24-25H,1-2H3,(H,27,28,29)/t24-,25-/m1/s1. The maximum atomic E-state index is 6.64. The highest BCUT2D eigenvalue weighted by atomic mass is 16.5. The Kier molecular flexibility index (Phi) is 4.54. The highest BCUT2D eigenvalue weighted by Gasteiger charge is 2.41. The van der Waals surface area contributed by atoms with Crippen molar-refractivity contribution in [1.29, 1.82) is 0 Å². The summed E-state index contributed by atoms with van der Waals surface area (Å²) >= 11 is 0. The minimum atomic E-state index is -0.356. The molecule has 1 N–H and O–H groups in total. The number of ether oxygens (including phenoxy) is 3. The molecule has 0 fully saturated rings. The Labute approximate surface area is 191 Å². The number of nitrogens with zero attached hydrogens (tertiary/aromatic N) is 3. The third-order valence-electron chi connectivity index (χ3n) is 6.13. The van der Waals surface area contributed by atoms with Gasteiger partial charge in [0.1, 0.15) is 35.7 Å². The Hall–Kier alpha value is -4.26. The van der Waals surface area contributed by atoms with E-state index in [1.165, 1.54) is 0 Å². The van der Waals surface area contributed by atoms with Crippen LogP contribution >= 0.6 is 0 Å². The topological polar surface area (TPSA) is 70.4 Å². The molecule has 0 saturated carbocycles. The number of hydrogen-bond acceptors (Lipinski definition) is 6. The lowest BCUT2D eigenvalue weighted by Gasteiger charge is -2.39. The van der Waals surface area contributed by atoms with Crippen LogP contribution in [-0.2, 0) is 0 Å². The average Bonchev–Trinajstić information content (AvgIpc) is 3.35. The first kappa shape index (κ1) is 19.4. The maximum Gasteiger partial charge on any atom is 0.226 e. The van der Waals surface area contributed by atoms with E-state index in [2.05, 4.69) is 33.6 Å². The van der Waals surface area contributed by atoms with Gasteiger partial charge in [-0.15, -0.1) is 0 Å². The van der Waals surface area contributed by atoms with Crippen LogP contribution in [0.4, 0.5) is 5.95 Å². The van der Waals surface area contributed by atoms with E-state index in [1.54, 1.807) is 20.5 Å². The van der Waals surface area contributed by atoms with Crippen molar-refractivity contribution in [2.45, 2.75) is 12.1 Å². The summed E-state index contributed by atoms with van der Waals surface area (Å²) in [5, 5.41) is 8.09. The van der Waals surface area contributed by atoms with Crippen LogP contribution in [0.1, 0.15) is 28.8 Å². The van der Waals surface area contributed by atoms with Gasteiger partial charge in [-0.3, -0.25) is 0 Å². The zero-order chi connectivity index (χ0) is 22.4. The molecule has 2 aliphatic rings. The number of anilines is 1. The van der Waals surface area contributed by atoms with E-state index in [-0.39, 0.29) is 12.1 Å². The van der Waals surface area contributed by atoms with Crippen LogP contribution < -0.4 is 19.5 Å². The van der Waals surface area contributed by atoms with Crippen LogP contribution in [0, 0.1) is 0 Å². The minimum absolute atomic E-state index is 0.238. The van der Waals surface area contributed by atoms with Crippen molar-refractivity contribution in [2.24, 2.45) is 0 Å². The summed E-state index contributed by atoms with van der Waals surface area (Å²) < 4.78 is 19.6. The van der Waals surface area contributed by atoms with Gasteiger partial charge < -0.3 is 19.5 Å². The fourth-order valence-corrected chi connectivity index (χ4v) is 4.63. The van der Waals surface area contributed by atoms with E-state index in [1.807, 2.05) is 59.3 Å². The van der Waals surface area contributed by atoms with Gasteiger partial charge in [-0.05, 0) is 42.0 Å². The molecular weight excluding hydrogens is 416 g/mol. The Bertz CT molecular complexity index is 1380. The number of hydrogen-bond donors (Lipinski definition) is 1. The number of benzene rings is 3. The van der Waals surface area contributed by atoms with Crippen molar-refractivity contribution in [3.05, 3.63) is 101 Å². The lowest BCUT2D eigenvalue weighted by atomic mass is 9.84. The van der Waals surface area contributed by atoms with Crippen molar-refractivity contribution in [3.8, 4) is 17.2 Å². The molecule has 0 saturated heterocycles. The third-order valence-corrected chi connectivity index (χ3v) is 6.13. The second-order valence-electron chi connectivity index (χ2n) is 7.93. The first-order valence-corrected chi connectivity index (χ1v) is 10.7. The van der Waals surface area contributed by atoms with E-state index >= 15 is 0 Å². The highest BCUT2D eigenvalue weighted by molar-refractivity contribution is 5.85. The molecule has 0 amide bonds. The average molecular weight is 438 g/mol. The smallest absolute Gasteiger partial charge is 0.226 e. The monoisotopic (exact) mass is 438 g/mol. The van der Waals surface area contributed by atoms with Gasteiger partial charge in [0.05, 0.1) is 19.9 Å². The number of aromatic nitrogens is 3. The van der Waals surface area contributed by atoms with Gasteiger partial charge in [-0.1, -0.05) is 36.4 Å². The van der Waals surface area contributed by atoms with Crippen LogP contribution in [0.3, 0.4) is 0 Å². The molecule has 33 heavy (non-hydrogen) atoms. The molecule has 2 atom stereocenters. The second kappa shape index (κ2) is 7.70. The normalized spacial score (nSPS) is 18.4. The lowest BCUT2D eigenvalue weighted by Crippen LogP contribution is -2.32. The molecule has 2 aliphatic heterocycles. The van der Waals surface area contributed by atoms with E-state index in [0.29, 0.717) is 5.95 Å². The Balaban J connectivity index is 1.62. The summed E-state index contributed by atoms with van der Waals surface area (Å²) in [5.74, 6) is 3.06.